The first-order chi connectivity index (χ1) is 14.6. The first-order valence-electron chi connectivity index (χ1n) is 10.2. The molecule has 0 bridgehead atoms. The average Bonchev–Trinajstić information content (AvgIpc) is 2.79. The van der Waals surface area contributed by atoms with Crippen LogP contribution in [0.25, 0.3) is 0 Å². The number of carbonyl (C=O) groups excluding carboxylic acids is 2. The summed E-state index contributed by atoms with van der Waals surface area (Å²) in [6, 6.07) is 12.6. The number of hydrogen-bond donors (Lipinski definition) is 2. The normalized spacial score (nSPS) is 13.3. The molecule has 7 heteroatoms. The lowest BCUT2D eigenvalue weighted by Crippen LogP contribution is -2.30. The van der Waals surface area contributed by atoms with E-state index in [0.29, 0.717) is 49.7 Å². The van der Waals surface area contributed by atoms with Crippen molar-refractivity contribution in [3.05, 3.63) is 53.6 Å². The van der Waals surface area contributed by atoms with Crippen molar-refractivity contribution in [2.24, 2.45) is 0 Å². The van der Waals surface area contributed by atoms with Gasteiger partial charge < -0.3 is 24.8 Å². The number of rotatable bonds is 9. The molecule has 2 N–H and O–H groups in total. The number of fused-ring (bicyclic) bond motifs is 1. The number of ether oxygens (including phenoxy) is 3. The average molecular weight is 412 g/mol. The van der Waals surface area contributed by atoms with Gasteiger partial charge >= 0.3 is 0 Å². The highest BCUT2D eigenvalue weighted by atomic mass is 16.6. The molecule has 7 nitrogen and oxygen atoms in total. The number of nitrogens with one attached hydrogen (secondary N) is 2. The Kier molecular flexibility index (Phi) is 7.54. The van der Waals surface area contributed by atoms with E-state index in [4.69, 9.17) is 14.2 Å². The van der Waals surface area contributed by atoms with Gasteiger partial charge in [0, 0.05) is 18.5 Å². The van der Waals surface area contributed by atoms with Crippen LogP contribution in [0.3, 0.4) is 0 Å². The number of amides is 2. The van der Waals surface area contributed by atoms with Crippen LogP contribution in [0.5, 0.6) is 17.2 Å². The Balaban J connectivity index is 1.43. The van der Waals surface area contributed by atoms with Gasteiger partial charge in [-0.1, -0.05) is 13.0 Å². The monoisotopic (exact) mass is 412 g/mol. The van der Waals surface area contributed by atoms with Crippen molar-refractivity contribution in [3.63, 3.8) is 0 Å². The molecule has 0 saturated heterocycles. The predicted octanol–water partition coefficient (Wildman–Crippen LogP) is 3.24. The van der Waals surface area contributed by atoms with E-state index in [1.807, 2.05) is 25.1 Å². The van der Waals surface area contributed by atoms with Crippen LogP contribution in [-0.2, 0) is 4.79 Å². The molecule has 160 valence electrons. The van der Waals surface area contributed by atoms with Gasteiger partial charge in [0.05, 0.1) is 13.2 Å². The molecule has 3 rings (SSSR count). The summed E-state index contributed by atoms with van der Waals surface area (Å²) < 4.78 is 16.3. The van der Waals surface area contributed by atoms with Gasteiger partial charge in [0.1, 0.15) is 19.0 Å². The van der Waals surface area contributed by atoms with E-state index in [9.17, 15) is 9.59 Å². The third kappa shape index (κ3) is 5.65. The number of methoxy groups -OCH3 is 1. The molecule has 0 radical (unpaired) electrons. The second-order valence-electron chi connectivity index (χ2n) is 7.02. The van der Waals surface area contributed by atoms with Crippen LogP contribution in [-0.4, -0.2) is 38.7 Å². The number of benzene rings is 2. The van der Waals surface area contributed by atoms with E-state index in [0.717, 1.165) is 17.7 Å². The SMILES string of the molecule is CCC(NC(=O)CCCNC(=O)c1ccc(OC)cc1)c1ccc2c(c1)OCCO2. The van der Waals surface area contributed by atoms with Crippen LogP contribution in [0.2, 0.25) is 0 Å². The summed E-state index contributed by atoms with van der Waals surface area (Å²) in [5.41, 5.74) is 1.55. The largest absolute Gasteiger partial charge is 0.497 e. The quantitative estimate of drug-likeness (QED) is 0.618. The summed E-state index contributed by atoms with van der Waals surface area (Å²) in [4.78, 5) is 24.5. The molecule has 0 fully saturated rings. The molecule has 2 aromatic rings. The molecule has 1 aliphatic rings. The Morgan fingerprint density at radius 2 is 1.80 bits per heavy atom. The minimum atomic E-state index is -0.166. The van der Waals surface area contributed by atoms with Gasteiger partial charge in [-0.2, -0.15) is 0 Å². The fraction of sp³-hybridized carbons (Fsp3) is 0.391. The minimum Gasteiger partial charge on any atom is -0.497 e. The zero-order valence-electron chi connectivity index (χ0n) is 17.4. The van der Waals surface area contributed by atoms with Crippen molar-refractivity contribution in [2.45, 2.75) is 32.2 Å². The summed E-state index contributed by atoms with van der Waals surface area (Å²) in [7, 11) is 1.58. The van der Waals surface area contributed by atoms with Gasteiger partial charge in [0.25, 0.3) is 5.91 Å². The molecular formula is C23H28N2O5. The molecule has 1 atom stereocenters. The Hall–Kier alpha value is -3.22. The lowest BCUT2D eigenvalue weighted by atomic mass is 10.0. The lowest BCUT2D eigenvalue weighted by Gasteiger charge is -2.22. The fourth-order valence-corrected chi connectivity index (χ4v) is 3.26. The zero-order valence-corrected chi connectivity index (χ0v) is 17.4. The van der Waals surface area contributed by atoms with Crippen LogP contribution >= 0.6 is 0 Å². The second-order valence-corrected chi connectivity index (χ2v) is 7.02. The van der Waals surface area contributed by atoms with Crippen molar-refractivity contribution in [1.82, 2.24) is 10.6 Å². The molecule has 1 unspecified atom stereocenters. The van der Waals surface area contributed by atoms with Gasteiger partial charge in [0.2, 0.25) is 5.91 Å². The van der Waals surface area contributed by atoms with Gasteiger partial charge in [-0.3, -0.25) is 9.59 Å². The van der Waals surface area contributed by atoms with Crippen molar-refractivity contribution in [1.29, 1.82) is 0 Å². The van der Waals surface area contributed by atoms with E-state index in [-0.39, 0.29) is 17.9 Å². The van der Waals surface area contributed by atoms with E-state index < -0.39 is 0 Å². The zero-order chi connectivity index (χ0) is 21.3. The summed E-state index contributed by atoms with van der Waals surface area (Å²) in [5.74, 6) is 1.94. The van der Waals surface area contributed by atoms with Crippen LogP contribution in [0.4, 0.5) is 0 Å². The van der Waals surface area contributed by atoms with Gasteiger partial charge in [-0.05, 0) is 54.8 Å². The topological polar surface area (TPSA) is 85.9 Å². The van der Waals surface area contributed by atoms with Crippen LogP contribution in [0.15, 0.2) is 42.5 Å². The van der Waals surface area contributed by atoms with Crippen molar-refractivity contribution < 1.29 is 23.8 Å². The highest BCUT2D eigenvalue weighted by Crippen LogP contribution is 2.33. The Labute approximate surface area is 176 Å². The minimum absolute atomic E-state index is 0.0459. The van der Waals surface area contributed by atoms with Crippen LogP contribution in [0, 0.1) is 0 Å². The first kappa shape index (κ1) is 21.5. The standard InChI is InChI=1S/C23H28N2O5/c1-3-19(17-8-11-20-21(15-17)30-14-13-29-20)25-22(26)5-4-12-24-23(27)16-6-9-18(28-2)10-7-16/h6-11,15,19H,3-5,12-14H2,1-2H3,(H,24,27)(H,25,26). The van der Waals surface area contributed by atoms with Gasteiger partial charge in [-0.15, -0.1) is 0 Å². The van der Waals surface area contributed by atoms with Gasteiger partial charge in [-0.25, -0.2) is 0 Å². The van der Waals surface area contributed by atoms with Crippen LogP contribution in [0.1, 0.15) is 48.1 Å². The summed E-state index contributed by atoms with van der Waals surface area (Å²) >= 11 is 0. The molecule has 2 aromatic carbocycles. The molecule has 0 saturated carbocycles. The van der Waals surface area contributed by atoms with Crippen molar-refractivity contribution >= 4 is 11.8 Å². The second kappa shape index (κ2) is 10.5. The highest BCUT2D eigenvalue weighted by molar-refractivity contribution is 5.94. The summed E-state index contributed by atoms with van der Waals surface area (Å²) in [6.45, 7) is 3.53. The maximum absolute atomic E-state index is 12.4. The van der Waals surface area contributed by atoms with E-state index in [2.05, 4.69) is 10.6 Å². The number of carbonyl (C=O) groups is 2. The molecule has 30 heavy (non-hydrogen) atoms. The molecule has 2 amide bonds. The lowest BCUT2D eigenvalue weighted by molar-refractivity contribution is -0.122. The fourth-order valence-electron chi connectivity index (χ4n) is 3.26. The highest BCUT2D eigenvalue weighted by Gasteiger charge is 2.17. The molecule has 0 aliphatic carbocycles. The molecular weight excluding hydrogens is 384 g/mol. The Morgan fingerprint density at radius 1 is 1.07 bits per heavy atom. The maximum Gasteiger partial charge on any atom is 0.251 e. The van der Waals surface area contributed by atoms with Crippen molar-refractivity contribution in [3.8, 4) is 17.2 Å². The number of hydrogen-bond acceptors (Lipinski definition) is 5. The third-order valence-corrected chi connectivity index (χ3v) is 4.93. The Bertz CT molecular complexity index is 866. The molecule has 0 spiro atoms. The van der Waals surface area contributed by atoms with Gasteiger partial charge in [0.15, 0.2) is 11.5 Å². The van der Waals surface area contributed by atoms with E-state index in [1.165, 1.54) is 0 Å². The molecule has 0 aromatic heterocycles. The predicted molar refractivity (Wildman–Crippen MR) is 113 cm³/mol. The smallest absolute Gasteiger partial charge is 0.251 e. The molecule has 1 aliphatic heterocycles. The van der Waals surface area contributed by atoms with Crippen LogP contribution < -0.4 is 24.8 Å². The van der Waals surface area contributed by atoms with E-state index >= 15 is 0 Å². The Morgan fingerprint density at radius 3 is 2.50 bits per heavy atom. The molecule has 1 heterocycles. The maximum atomic E-state index is 12.4. The summed E-state index contributed by atoms with van der Waals surface area (Å²) in [5, 5.41) is 5.90. The summed E-state index contributed by atoms with van der Waals surface area (Å²) in [6.07, 6.45) is 1.66. The first-order valence-corrected chi connectivity index (χ1v) is 10.2. The van der Waals surface area contributed by atoms with E-state index in [1.54, 1.807) is 31.4 Å². The third-order valence-electron chi connectivity index (χ3n) is 4.93. The van der Waals surface area contributed by atoms with Crippen molar-refractivity contribution in [2.75, 3.05) is 26.9 Å².